The molecule has 0 atom stereocenters. The van der Waals surface area contributed by atoms with E-state index in [1.165, 1.54) is 6.07 Å². The summed E-state index contributed by atoms with van der Waals surface area (Å²) in [6, 6.07) is 10.5. The van der Waals surface area contributed by atoms with Gasteiger partial charge in [0.15, 0.2) is 6.61 Å². The van der Waals surface area contributed by atoms with Crippen molar-refractivity contribution in [3.63, 3.8) is 0 Å². The molecule has 0 aromatic heterocycles. The fourth-order valence-electron chi connectivity index (χ4n) is 2.03. The molecule has 132 valence electrons. The Morgan fingerprint density at radius 1 is 1.04 bits per heavy atom. The molecule has 0 bridgehead atoms. The molecule has 25 heavy (non-hydrogen) atoms. The van der Waals surface area contributed by atoms with E-state index in [0.29, 0.717) is 15.8 Å². The van der Waals surface area contributed by atoms with E-state index >= 15 is 0 Å². The first-order valence-electron chi connectivity index (χ1n) is 7.57. The van der Waals surface area contributed by atoms with Gasteiger partial charge in [0.25, 0.3) is 5.91 Å². The van der Waals surface area contributed by atoms with Crippen LogP contribution in [0.1, 0.15) is 11.1 Å². The van der Waals surface area contributed by atoms with Crippen molar-refractivity contribution < 1.29 is 14.3 Å². The highest BCUT2D eigenvalue weighted by atomic mass is 35.5. The Hall–Kier alpha value is -2.24. The van der Waals surface area contributed by atoms with Crippen molar-refractivity contribution in [1.29, 1.82) is 0 Å². The van der Waals surface area contributed by atoms with Gasteiger partial charge < -0.3 is 15.4 Å². The molecule has 2 aromatic rings. The van der Waals surface area contributed by atoms with Gasteiger partial charge in [-0.05, 0) is 49.2 Å². The number of nitrogens with one attached hydrogen (secondary N) is 2. The molecule has 2 amide bonds. The van der Waals surface area contributed by atoms with Crippen LogP contribution in [-0.4, -0.2) is 25.0 Å². The SMILES string of the molecule is Cc1ccc(C)c(NC(=O)CNC(=O)COc2ccc(Cl)cc2Cl)c1. The van der Waals surface area contributed by atoms with Crippen molar-refractivity contribution in [3.05, 3.63) is 57.6 Å². The molecule has 2 N–H and O–H groups in total. The molecule has 0 spiro atoms. The summed E-state index contributed by atoms with van der Waals surface area (Å²) in [7, 11) is 0. The lowest BCUT2D eigenvalue weighted by molar-refractivity contribution is -0.125. The van der Waals surface area contributed by atoms with E-state index in [9.17, 15) is 9.59 Å². The Morgan fingerprint density at radius 2 is 1.80 bits per heavy atom. The van der Waals surface area contributed by atoms with E-state index in [1.54, 1.807) is 12.1 Å². The van der Waals surface area contributed by atoms with Crippen molar-refractivity contribution in [3.8, 4) is 5.75 Å². The Kier molecular flexibility index (Phi) is 6.67. The lowest BCUT2D eigenvalue weighted by Crippen LogP contribution is -2.35. The third-order valence-corrected chi connectivity index (χ3v) is 3.90. The molecule has 5 nitrogen and oxygen atoms in total. The van der Waals surface area contributed by atoms with Crippen molar-refractivity contribution >= 4 is 40.7 Å². The number of ether oxygens (including phenoxy) is 1. The highest BCUT2D eigenvalue weighted by molar-refractivity contribution is 6.35. The van der Waals surface area contributed by atoms with Gasteiger partial charge in [-0.1, -0.05) is 35.3 Å². The zero-order chi connectivity index (χ0) is 18.4. The fourth-order valence-corrected chi connectivity index (χ4v) is 2.49. The van der Waals surface area contributed by atoms with Crippen molar-refractivity contribution in [2.24, 2.45) is 0 Å². The quantitative estimate of drug-likeness (QED) is 0.801. The number of aryl methyl sites for hydroxylation is 2. The second-order valence-corrected chi connectivity index (χ2v) is 6.35. The zero-order valence-electron chi connectivity index (χ0n) is 13.9. The maximum Gasteiger partial charge on any atom is 0.258 e. The van der Waals surface area contributed by atoms with Crippen LogP contribution in [0.4, 0.5) is 5.69 Å². The predicted octanol–water partition coefficient (Wildman–Crippen LogP) is 3.74. The largest absolute Gasteiger partial charge is 0.482 e. The summed E-state index contributed by atoms with van der Waals surface area (Å²) in [4.78, 5) is 23.7. The van der Waals surface area contributed by atoms with Crippen LogP contribution in [0, 0.1) is 13.8 Å². The summed E-state index contributed by atoms with van der Waals surface area (Å²) in [6.07, 6.45) is 0. The lowest BCUT2D eigenvalue weighted by Gasteiger charge is -2.11. The number of rotatable bonds is 6. The molecule has 0 radical (unpaired) electrons. The van der Waals surface area contributed by atoms with Gasteiger partial charge in [-0.25, -0.2) is 0 Å². The molecule has 0 heterocycles. The molecular weight excluding hydrogens is 363 g/mol. The summed E-state index contributed by atoms with van der Waals surface area (Å²) in [5, 5.41) is 6.05. The number of carbonyl (C=O) groups is 2. The number of carbonyl (C=O) groups excluding carboxylic acids is 2. The van der Waals surface area contributed by atoms with Crippen LogP contribution in [-0.2, 0) is 9.59 Å². The highest BCUT2D eigenvalue weighted by Gasteiger charge is 2.09. The minimum Gasteiger partial charge on any atom is -0.482 e. The molecule has 7 heteroatoms. The third-order valence-electron chi connectivity index (χ3n) is 3.37. The first-order valence-corrected chi connectivity index (χ1v) is 8.32. The van der Waals surface area contributed by atoms with Crippen LogP contribution in [0.25, 0.3) is 0 Å². The van der Waals surface area contributed by atoms with E-state index in [1.807, 2.05) is 32.0 Å². The monoisotopic (exact) mass is 380 g/mol. The number of hydrogen-bond donors (Lipinski definition) is 2. The van der Waals surface area contributed by atoms with Gasteiger partial charge in [-0.15, -0.1) is 0 Å². The number of amides is 2. The van der Waals surface area contributed by atoms with Crippen LogP contribution in [0.2, 0.25) is 10.0 Å². The van der Waals surface area contributed by atoms with E-state index in [4.69, 9.17) is 27.9 Å². The summed E-state index contributed by atoms with van der Waals surface area (Å²) >= 11 is 11.7. The summed E-state index contributed by atoms with van der Waals surface area (Å²) in [5.74, 6) is -0.394. The molecule has 2 rings (SSSR count). The van der Waals surface area contributed by atoms with E-state index in [0.717, 1.165) is 16.8 Å². The Labute approximate surface area is 156 Å². The van der Waals surface area contributed by atoms with Gasteiger partial charge in [-0.2, -0.15) is 0 Å². The van der Waals surface area contributed by atoms with E-state index < -0.39 is 5.91 Å². The highest BCUT2D eigenvalue weighted by Crippen LogP contribution is 2.27. The third kappa shape index (κ3) is 5.96. The minimum atomic E-state index is -0.429. The van der Waals surface area contributed by atoms with Gasteiger partial charge in [0.05, 0.1) is 11.6 Å². The molecule has 0 aliphatic rings. The normalized spacial score (nSPS) is 10.2. The van der Waals surface area contributed by atoms with Gasteiger partial charge in [0, 0.05) is 10.7 Å². The smallest absolute Gasteiger partial charge is 0.258 e. The standard InChI is InChI=1S/C18H18Cl2N2O3/c1-11-3-4-12(2)15(7-11)22-17(23)9-21-18(24)10-25-16-6-5-13(19)8-14(16)20/h3-8H,9-10H2,1-2H3,(H,21,24)(H,22,23). The lowest BCUT2D eigenvalue weighted by atomic mass is 10.1. The zero-order valence-corrected chi connectivity index (χ0v) is 15.4. The molecule has 0 fully saturated rings. The van der Waals surface area contributed by atoms with E-state index in [-0.39, 0.29) is 19.1 Å². The maximum atomic E-state index is 11.9. The maximum absolute atomic E-state index is 11.9. The fraction of sp³-hybridized carbons (Fsp3) is 0.222. The van der Waals surface area contributed by atoms with Crippen LogP contribution in [0.15, 0.2) is 36.4 Å². The molecule has 0 unspecified atom stereocenters. The average Bonchev–Trinajstić information content (AvgIpc) is 2.55. The second kappa shape index (κ2) is 8.74. The summed E-state index contributed by atoms with van der Waals surface area (Å²) < 4.78 is 5.30. The number of halogens is 2. The second-order valence-electron chi connectivity index (χ2n) is 5.51. The molecule has 0 aliphatic heterocycles. The van der Waals surface area contributed by atoms with Gasteiger partial charge >= 0.3 is 0 Å². The molecule has 2 aromatic carbocycles. The first kappa shape index (κ1) is 19.1. The Balaban J connectivity index is 1.79. The van der Waals surface area contributed by atoms with E-state index in [2.05, 4.69) is 10.6 Å². The Bertz CT molecular complexity index is 794. The topological polar surface area (TPSA) is 67.4 Å². The molecular formula is C18H18Cl2N2O3. The minimum absolute atomic E-state index is 0.149. The number of hydrogen-bond acceptors (Lipinski definition) is 3. The average molecular weight is 381 g/mol. The van der Waals surface area contributed by atoms with Crippen LogP contribution < -0.4 is 15.4 Å². The predicted molar refractivity (Wildman–Crippen MR) is 99.5 cm³/mol. The molecule has 0 aliphatic carbocycles. The van der Waals surface area contributed by atoms with Crippen LogP contribution in [0.5, 0.6) is 5.75 Å². The van der Waals surface area contributed by atoms with Crippen molar-refractivity contribution in [1.82, 2.24) is 5.32 Å². The van der Waals surface area contributed by atoms with Crippen LogP contribution >= 0.6 is 23.2 Å². The van der Waals surface area contributed by atoms with Gasteiger partial charge in [0.1, 0.15) is 5.75 Å². The van der Waals surface area contributed by atoms with Gasteiger partial charge in [-0.3, -0.25) is 9.59 Å². The van der Waals surface area contributed by atoms with Crippen molar-refractivity contribution in [2.45, 2.75) is 13.8 Å². The molecule has 0 saturated carbocycles. The summed E-state index contributed by atoms with van der Waals surface area (Å²) in [6.45, 7) is 3.44. The number of anilines is 1. The summed E-state index contributed by atoms with van der Waals surface area (Å²) in [5.41, 5.74) is 2.72. The van der Waals surface area contributed by atoms with Crippen LogP contribution in [0.3, 0.4) is 0 Å². The first-order chi connectivity index (χ1) is 11.8. The van der Waals surface area contributed by atoms with Gasteiger partial charge in [0.2, 0.25) is 5.91 Å². The van der Waals surface area contributed by atoms with Crippen molar-refractivity contribution in [2.75, 3.05) is 18.5 Å². The molecule has 0 saturated heterocycles. The number of benzene rings is 2. The Morgan fingerprint density at radius 3 is 2.52 bits per heavy atom.